The van der Waals surface area contributed by atoms with Gasteiger partial charge in [0.05, 0.1) is 5.25 Å². The molecule has 0 saturated carbocycles. The molecule has 0 aliphatic rings. The Bertz CT molecular complexity index is 686. The predicted octanol–water partition coefficient (Wildman–Crippen LogP) is 3.78. The zero-order valence-electron chi connectivity index (χ0n) is 14.2. The van der Waals surface area contributed by atoms with E-state index in [0.29, 0.717) is 6.54 Å². The summed E-state index contributed by atoms with van der Waals surface area (Å²) in [5.41, 5.74) is 1.87. The van der Waals surface area contributed by atoms with Gasteiger partial charge in [-0.15, -0.1) is 11.8 Å². The van der Waals surface area contributed by atoms with Crippen LogP contribution in [0.4, 0.5) is 5.69 Å². The third kappa shape index (κ3) is 5.42. The molecule has 0 fully saturated rings. The molecule has 0 aromatic heterocycles. The lowest BCUT2D eigenvalue weighted by Crippen LogP contribution is -2.32. The fourth-order valence-electron chi connectivity index (χ4n) is 2.32. The van der Waals surface area contributed by atoms with Crippen LogP contribution in [0.1, 0.15) is 19.4 Å². The average molecular weight is 342 g/mol. The molecule has 2 rings (SSSR count). The largest absolute Gasteiger partial charge is 0.340 e. The van der Waals surface area contributed by atoms with Gasteiger partial charge in [0.1, 0.15) is 0 Å². The van der Waals surface area contributed by atoms with Crippen molar-refractivity contribution in [3.8, 4) is 0 Å². The van der Waals surface area contributed by atoms with Gasteiger partial charge in [-0.3, -0.25) is 9.59 Å². The van der Waals surface area contributed by atoms with Crippen molar-refractivity contribution in [1.82, 2.24) is 4.90 Å². The Balaban J connectivity index is 1.92. The second kappa shape index (κ2) is 8.55. The Morgan fingerprint density at radius 3 is 2.29 bits per heavy atom. The fourth-order valence-corrected chi connectivity index (χ4v) is 3.30. The van der Waals surface area contributed by atoms with Crippen LogP contribution in [0.15, 0.2) is 59.5 Å². The molecular weight excluding hydrogens is 320 g/mol. The first kappa shape index (κ1) is 18.1. The molecule has 24 heavy (non-hydrogen) atoms. The predicted molar refractivity (Wildman–Crippen MR) is 99.0 cm³/mol. The normalized spacial score (nSPS) is 11.6. The molecule has 0 aliphatic carbocycles. The summed E-state index contributed by atoms with van der Waals surface area (Å²) < 4.78 is 0. The number of amides is 2. The molecule has 0 saturated heterocycles. The molecule has 0 spiro atoms. The summed E-state index contributed by atoms with van der Waals surface area (Å²) in [5.74, 6) is -0.00345. The van der Waals surface area contributed by atoms with Gasteiger partial charge < -0.3 is 10.2 Å². The van der Waals surface area contributed by atoms with Crippen molar-refractivity contribution in [2.24, 2.45) is 0 Å². The maximum absolute atomic E-state index is 12.5. The lowest BCUT2D eigenvalue weighted by molar-refractivity contribution is -0.129. The fraction of sp³-hybridized carbons (Fsp3) is 0.263. The molecule has 0 heterocycles. The molecule has 126 valence electrons. The Labute approximate surface area is 147 Å². The van der Waals surface area contributed by atoms with Crippen LogP contribution in [0.2, 0.25) is 0 Å². The molecule has 4 nitrogen and oxygen atoms in total. The molecule has 2 aromatic rings. The van der Waals surface area contributed by atoms with Crippen molar-refractivity contribution in [3.63, 3.8) is 0 Å². The van der Waals surface area contributed by atoms with Crippen LogP contribution in [-0.2, 0) is 16.1 Å². The maximum atomic E-state index is 12.5. The summed E-state index contributed by atoms with van der Waals surface area (Å²) >= 11 is 1.51. The number of anilines is 1. The van der Waals surface area contributed by atoms with Gasteiger partial charge in [0.2, 0.25) is 11.8 Å². The number of rotatable bonds is 6. The minimum atomic E-state index is -0.176. The molecule has 0 aliphatic heterocycles. The number of nitrogens with one attached hydrogen (secondary N) is 1. The number of benzene rings is 2. The standard InChI is InChI=1S/C19H22N2O2S/c1-14(19(23)21(3)13-16-7-5-4-6-8-16)24-18-11-9-17(10-12-18)20-15(2)22/h4-12,14H,13H2,1-3H3,(H,20,22). The van der Waals surface area contributed by atoms with E-state index in [9.17, 15) is 9.59 Å². The molecule has 0 bridgehead atoms. The van der Waals surface area contributed by atoms with Crippen LogP contribution in [0.5, 0.6) is 0 Å². The average Bonchev–Trinajstić information content (AvgIpc) is 2.56. The van der Waals surface area contributed by atoms with Crippen LogP contribution in [0.3, 0.4) is 0 Å². The van der Waals surface area contributed by atoms with Crippen LogP contribution in [0, 0.1) is 0 Å². The van der Waals surface area contributed by atoms with Crippen LogP contribution < -0.4 is 5.32 Å². The molecule has 2 aromatic carbocycles. The molecule has 5 heteroatoms. The van der Waals surface area contributed by atoms with Crippen LogP contribution in [-0.4, -0.2) is 29.0 Å². The van der Waals surface area contributed by atoms with E-state index in [1.807, 2.05) is 68.6 Å². The summed E-state index contributed by atoms with van der Waals surface area (Å²) in [6.07, 6.45) is 0. The maximum Gasteiger partial charge on any atom is 0.235 e. The summed E-state index contributed by atoms with van der Waals surface area (Å²) in [4.78, 5) is 26.3. The highest BCUT2D eigenvalue weighted by molar-refractivity contribution is 8.00. The zero-order chi connectivity index (χ0) is 17.5. The number of hydrogen-bond donors (Lipinski definition) is 1. The van der Waals surface area contributed by atoms with Crippen LogP contribution in [0.25, 0.3) is 0 Å². The zero-order valence-corrected chi connectivity index (χ0v) is 15.0. The summed E-state index contributed by atoms with van der Waals surface area (Å²) in [6, 6.07) is 17.5. The highest BCUT2D eigenvalue weighted by Gasteiger charge is 2.18. The molecule has 1 atom stereocenters. The Kier molecular flexibility index (Phi) is 6.44. The van der Waals surface area contributed by atoms with Gasteiger partial charge in [-0.2, -0.15) is 0 Å². The third-order valence-electron chi connectivity index (χ3n) is 3.47. The highest BCUT2D eigenvalue weighted by Crippen LogP contribution is 2.26. The van der Waals surface area contributed by atoms with Crippen LogP contribution >= 0.6 is 11.8 Å². The lowest BCUT2D eigenvalue weighted by atomic mass is 10.2. The van der Waals surface area contributed by atoms with Crippen molar-refractivity contribution in [2.45, 2.75) is 30.5 Å². The molecule has 2 amide bonds. The molecule has 1 unspecified atom stereocenters. The third-order valence-corrected chi connectivity index (χ3v) is 4.57. The first-order valence-electron chi connectivity index (χ1n) is 7.79. The quantitative estimate of drug-likeness (QED) is 0.813. The second-order valence-electron chi connectivity index (χ2n) is 5.65. The van der Waals surface area contributed by atoms with E-state index in [1.165, 1.54) is 18.7 Å². The van der Waals surface area contributed by atoms with E-state index >= 15 is 0 Å². The van der Waals surface area contributed by atoms with Gasteiger partial charge in [-0.1, -0.05) is 30.3 Å². The molecular formula is C19H22N2O2S. The summed E-state index contributed by atoms with van der Waals surface area (Å²) in [5, 5.41) is 2.55. The molecule has 0 radical (unpaired) electrons. The van der Waals surface area contributed by atoms with Gasteiger partial charge in [0.15, 0.2) is 0 Å². The molecule has 1 N–H and O–H groups in total. The van der Waals surface area contributed by atoms with Gasteiger partial charge in [-0.05, 0) is 36.8 Å². The van der Waals surface area contributed by atoms with Crippen molar-refractivity contribution in [1.29, 1.82) is 0 Å². The van der Waals surface area contributed by atoms with E-state index in [1.54, 1.807) is 4.90 Å². The first-order valence-corrected chi connectivity index (χ1v) is 8.67. The second-order valence-corrected chi connectivity index (χ2v) is 7.06. The number of carbonyl (C=O) groups is 2. The van der Waals surface area contributed by atoms with E-state index in [4.69, 9.17) is 0 Å². The number of nitrogens with zero attached hydrogens (tertiary/aromatic N) is 1. The minimum Gasteiger partial charge on any atom is -0.340 e. The van der Waals surface area contributed by atoms with Crippen molar-refractivity contribution in [3.05, 3.63) is 60.2 Å². The van der Waals surface area contributed by atoms with E-state index in [0.717, 1.165) is 16.1 Å². The van der Waals surface area contributed by atoms with E-state index in [2.05, 4.69) is 5.32 Å². The summed E-state index contributed by atoms with van der Waals surface area (Å²) in [7, 11) is 1.83. The van der Waals surface area contributed by atoms with E-state index in [-0.39, 0.29) is 17.1 Å². The van der Waals surface area contributed by atoms with Gasteiger partial charge in [0.25, 0.3) is 0 Å². The topological polar surface area (TPSA) is 49.4 Å². The van der Waals surface area contributed by atoms with Crippen molar-refractivity contribution in [2.75, 3.05) is 12.4 Å². The number of hydrogen-bond acceptors (Lipinski definition) is 3. The Hall–Kier alpha value is -2.27. The monoisotopic (exact) mass is 342 g/mol. The Morgan fingerprint density at radius 2 is 1.71 bits per heavy atom. The smallest absolute Gasteiger partial charge is 0.235 e. The number of carbonyl (C=O) groups excluding carboxylic acids is 2. The number of thioether (sulfide) groups is 1. The first-order chi connectivity index (χ1) is 11.5. The lowest BCUT2D eigenvalue weighted by Gasteiger charge is -2.21. The SMILES string of the molecule is CC(=O)Nc1ccc(SC(C)C(=O)N(C)Cc2ccccc2)cc1. The Morgan fingerprint density at radius 1 is 1.08 bits per heavy atom. The van der Waals surface area contributed by atoms with Gasteiger partial charge in [-0.25, -0.2) is 0 Å². The van der Waals surface area contributed by atoms with Gasteiger partial charge >= 0.3 is 0 Å². The van der Waals surface area contributed by atoms with Crippen molar-refractivity contribution < 1.29 is 9.59 Å². The van der Waals surface area contributed by atoms with E-state index < -0.39 is 0 Å². The summed E-state index contributed by atoms with van der Waals surface area (Å²) in [6.45, 7) is 3.99. The highest BCUT2D eigenvalue weighted by atomic mass is 32.2. The minimum absolute atomic E-state index is 0.0924. The van der Waals surface area contributed by atoms with Crippen molar-refractivity contribution >= 4 is 29.3 Å². The van der Waals surface area contributed by atoms with Gasteiger partial charge in [0, 0.05) is 31.1 Å².